The lowest BCUT2D eigenvalue weighted by Crippen LogP contribution is -2.31. The molecule has 0 saturated carbocycles. The molecule has 1 aromatic heterocycles. The molecule has 1 aliphatic heterocycles. The van der Waals surface area contributed by atoms with Crippen LogP contribution in [0.25, 0.3) is 0 Å². The summed E-state index contributed by atoms with van der Waals surface area (Å²) in [6.07, 6.45) is 1.14. The van der Waals surface area contributed by atoms with Crippen LogP contribution in [0.2, 0.25) is 0 Å². The maximum Gasteiger partial charge on any atom is 0.257 e. The number of hydrogen-bond donors (Lipinski definition) is 2. The number of nitrogens with zero attached hydrogens (tertiary/aromatic N) is 1. The molecular formula is C19H23N3O4S. The summed E-state index contributed by atoms with van der Waals surface area (Å²) in [5, 5.41) is 3.26. The van der Waals surface area contributed by atoms with Crippen LogP contribution in [0.3, 0.4) is 0 Å². The van der Waals surface area contributed by atoms with Crippen molar-refractivity contribution in [2.45, 2.75) is 37.8 Å². The third kappa shape index (κ3) is 4.10. The van der Waals surface area contributed by atoms with Gasteiger partial charge < -0.3 is 19.8 Å². The second-order valence-corrected chi connectivity index (χ2v) is 7.21. The van der Waals surface area contributed by atoms with Gasteiger partial charge in [-0.3, -0.25) is 9.59 Å². The minimum Gasteiger partial charge on any atom is -0.493 e. The van der Waals surface area contributed by atoms with Crippen molar-refractivity contribution >= 4 is 23.5 Å². The highest BCUT2D eigenvalue weighted by Crippen LogP contribution is 2.38. The predicted molar refractivity (Wildman–Crippen MR) is 105 cm³/mol. The van der Waals surface area contributed by atoms with E-state index >= 15 is 0 Å². The number of nitrogens with one attached hydrogen (secondary N) is 2. The topological polar surface area (TPSA) is 93.3 Å². The number of amides is 1. The van der Waals surface area contributed by atoms with E-state index in [-0.39, 0.29) is 23.8 Å². The fourth-order valence-corrected chi connectivity index (χ4v) is 3.80. The molecule has 144 valence electrons. The number of ether oxygens (including phenoxy) is 2. The van der Waals surface area contributed by atoms with Crippen molar-refractivity contribution in [3.05, 3.63) is 39.7 Å². The van der Waals surface area contributed by atoms with E-state index in [4.69, 9.17) is 9.47 Å². The van der Waals surface area contributed by atoms with E-state index in [2.05, 4.69) is 22.2 Å². The number of H-pyrrole nitrogens is 1. The highest BCUT2D eigenvalue weighted by atomic mass is 32.2. The fourth-order valence-electron chi connectivity index (χ4n) is 3.08. The molecule has 2 N–H and O–H groups in total. The molecule has 7 nitrogen and oxygen atoms in total. The van der Waals surface area contributed by atoms with Crippen LogP contribution in [0.1, 0.15) is 43.7 Å². The highest BCUT2D eigenvalue weighted by Gasteiger charge is 2.31. The van der Waals surface area contributed by atoms with Crippen molar-refractivity contribution in [2.75, 3.05) is 24.8 Å². The molecule has 1 aliphatic rings. The molecule has 0 aliphatic carbocycles. The Bertz CT molecular complexity index is 897. The molecule has 0 bridgehead atoms. The lowest BCUT2D eigenvalue weighted by Gasteiger charge is -2.25. The number of hydrogen-bond acceptors (Lipinski definition) is 6. The number of carbonyl (C=O) groups is 1. The summed E-state index contributed by atoms with van der Waals surface area (Å²) in [5.41, 5.74) is 1.07. The van der Waals surface area contributed by atoms with E-state index in [1.54, 1.807) is 13.2 Å². The number of anilines is 1. The molecule has 0 radical (unpaired) electrons. The molecule has 0 fully saturated rings. The molecule has 0 spiro atoms. The Kier molecular flexibility index (Phi) is 6.05. The molecule has 2 heterocycles. The Morgan fingerprint density at radius 1 is 1.26 bits per heavy atom. The first-order valence-corrected chi connectivity index (χ1v) is 9.93. The monoisotopic (exact) mass is 389 g/mol. The quantitative estimate of drug-likeness (QED) is 0.558. The molecular weight excluding hydrogens is 366 g/mol. The summed E-state index contributed by atoms with van der Waals surface area (Å²) >= 11 is 1.47. The number of aromatic nitrogens is 2. The summed E-state index contributed by atoms with van der Waals surface area (Å²) < 4.78 is 11.0. The van der Waals surface area contributed by atoms with E-state index in [0.29, 0.717) is 34.6 Å². The second-order valence-electron chi connectivity index (χ2n) is 6.13. The van der Waals surface area contributed by atoms with Crippen LogP contribution in [-0.4, -0.2) is 35.3 Å². The Morgan fingerprint density at radius 3 is 2.78 bits per heavy atom. The molecule has 1 amide bonds. The molecule has 1 aromatic carbocycles. The molecule has 27 heavy (non-hydrogen) atoms. The summed E-state index contributed by atoms with van der Waals surface area (Å²) in [6.45, 7) is 4.43. The first kappa shape index (κ1) is 19.3. The van der Waals surface area contributed by atoms with Gasteiger partial charge in [-0.25, -0.2) is 4.98 Å². The molecule has 0 unspecified atom stereocenters. The Morgan fingerprint density at radius 2 is 2.07 bits per heavy atom. The molecule has 1 atom stereocenters. The van der Waals surface area contributed by atoms with Crippen molar-refractivity contribution in [1.82, 2.24) is 9.97 Å². The highest BCUT2D eigenvalue weighted by molar-refractivity contribution is 7.99. The number of benzene rings is 1. The zero-order chi connectivity index (χ0) is 19.4. The van der Waals surface area contributed by atoms with Crippen LogP contribution in [0, 0.1) is 0 Å². The lowest BCUT2D eigenvalue weighted by molar-refractivity contribution is -0.116. The van der Waals surface area contributed by atoms with Gasteiger partial charge in [0.2, 0.25) is 5.91 Å². The SMILES string of the molecule is CCCSc1nc2c(c(=O)[nH]1)[C@@H](c1ccc(OC)c(OCC)c1)CC(=O)N2. The van der Waals surface area contributed by atoms with Crippen LogP contribution in [-0.2, 0) is 4.79 Å². The number of thioether (sulfide) groups is 1. The first-order valence-electron chi connectivity index (χ1n) is 8.94. The van der Waals surface area contributed by atoms with Crippen LogP contribution >= 0.6 is 11.8 Å². The van der Waals surface area contributed by atoms with Crippen LogP contribution in [0.4, 0.5) is 5.82 Å². The van der Waals surface area contributed by atoms with Gasteiger partial charge in [-0.05, 0) is 31.0 Å². The van der Waals surface area contributed by atoms with Gasteiger partial charge in [0.25, 0.3) is 5.56 Å². The van der Waals surface area contributed by atoms with Crippen molar-refractivity contribution in [3.63, 3.8) is 0 Å². The van der Waals surface area contributed by atoms with Gasteiger partial charge in [-0.15, -0.1) is 0 Å². The predicted octanol–water partition coefficient (Wildman–Crippen LogP) is 3.15. The molecule has 2 aromatic rings. The minimum absolute atomic E-state index is 0.161. The standard InChI is InChI=1S/C19H23N3O4S/c1-4-8-27-19-21-17-16(18(24)22-19)12(10-15(23)20-17)11-6-7-13(25-3)14(9-11)26-5-2/h6-7,9,12H,4-5,8,10H2,1-3H3,(H2,20,21,22,23,24)/t12-/m1/s1. The zero-order valence-electron chi connectivity index (χ0n) is 15.6. The fraction of sp³-hybridized carbons (Fsp3) is 0.421. The van der Waals surface area contributed by atoms with E-state index in [1.165, 1.54) is 11.8 Å². The van der Waals surface area contributed by atoms with Crippen LogP contribution in [0.15, 0.2) is 28.2 Å². The maximum absolute atomic E-state index is 12.8. The van der Waals surface area contributed by atoms with Gasteiger partial charge in [0.15, 0.2) is 16.7 Å². The van der Waals surface area contributed by atoms with Gasteiger partial charge in [0.1, 0.15) is 5.82 Å². The third-order valence-electron chi connectivity index (χ3n) is 4.26. The molecule has 8 heteroatoms. The largest absolute Gasteiger partial charge is 0.493 e. The van der Waals surface area contributed by atoms with E-state index in [0.717, 1.165) is 17.7 Å². The maximum atomic E-state index is 12.8. The Labute approximate surface area is 161 Å². The summed E-state index contributed by atoms with van der Waals surface area (Å²) in [6, 6.07) is 5.47. The van der Waals surface area contributed by atoms with Crippen molar-refractivity contribution in [2.24, 2.45) is 0 Å². The minimum atomic E-state index is -0.389. The number of rotatable bonds is 7. The summed E-state index contributed by atoms with van der Waals surface area (Å²) in [7, 11) is 1.57. The third-order valence-corrected chi connectivity index (χ3v) is 5.34. The molecule has 0 saturated heterocycles. The molecule has 3 rings (SSSR count). The Balaban J connectivity index is 2.05. The first-order chi connectivity index (χ1) is 13.1. The van der Waals surface area contributed by atoms with Gasteiger partial charge in [-0.1, -0.05) is 24.8 Å². The second kappa shape index (κ2) is 8.47. The number of carbonyl (C=O) groups excluding carboxylic acids is 1. The van der Waals surface area contributed by atoms with E-state index in [9.17, 15) is 9.59 Å². The average molecular weight is 389 g/mol. The summed E-state index contributed by atoms with van der Waals surface area (Å²) in [5.74, 6) is 1.83. The van der Waals surface area contributed by atoms with Gasteiger partial charge in [0, 0.05) is 18.1 Å². The summed E-state index contributed by atoms with van der Waals surface area (Å²) in [4.78, 5) is 32.3. The smallest absolute Gasteiger partial charge is 0.257 e. The number of fused-ring (bicyclic) bond motifs is 1. The normalized spacial score (nSPS) is 15.8. The van der Waals surface area contributed by atoms with Crippen molar-refractivity contribution in [1.29, 1.82) is 0 Å². The Hall–Kier alpha value is -2.48. The average Bonchev–Trinajstić information content (AvgIpc) is 2.65. The van der Waals surface area contributed by atoms with E-state index < -0.39 is 0 Å². The van der Waals surface area contributed by atoms with Crippen LogP contribution in [0.5, 0.6) is 11.5 Å². The van der Waals surface area contributed by atoms with Gasteiger partial charge >= 0.3 is 0 Å². The lowest BCUT2D eigenvalue weighted by atomic mass is 9.86. The van der Waals surface area contributed by atoms with Crippen molar-refractivity contribution in [3.8, 4) is 11.5 Å². The van der Waals surface area contributed by atoms with Gasteiger partial charge in [0.05, 0.1) is 19.3 Å². The number of aromatic amines is 1. The van der Waals surface area contributed by atoms with Gasteiger partial charge in [-0.2, -0.15) is 0 Å². The zero-order valence-corrected chi connectivity index (χ0v) is 16.4. The number of methoxy groups -OCH3 is 1. The van der Waals surface area contributed by atoms with Crippen LogP contribution < -0.4 is 20.3 Å². The van der Waals surface area contributed by atoms with Crippen molar-refractivity contribution < 1.29 is 14.3 Å². The van der Waals surface area contributed by atoms with E-state index in [1.807, 2.05) is 19.1 Å².